The molecule has 14 heavy (non-hydrogen) atoms. The highest BCUT2D eigenvalue weighted by Crippen LogP contribution is 2.14. The number of hydrogen-bond donors (Lipinski definition) is 1. The van der Waals surface area contributed by atoms with E-state index >= 15 is 0 Å². The van der Waals surface area contributed by atoms with Crippen LogP contribution in [-0.4, -0.2) is 40.0 Å². The number of ether oxygens (including phenoxy) is 2. The first kappa shape index (κ1) is 11.7. The molecule has 0 aromatic rings. The Kier molecular flexibility index (Phi) is 5.83. The first-order valence-electron chi connectivity index (χ1n) is 5.29. The maximum Gasteiger partial charge on any atom is 0.0686 e. The van der Waals surface area contributed by atoms with Crippen LogP contribution in [0.2, 0.25) is 0 Å². The maximum atomic E-state index is 5.59. The van der Waals surface area contributed by atoms with Crippen LogP contribution >= 0.6 is 0 Å². The van der Waals surface area contributed by atoms with Crippen molar-refractivity contribution in [3.63, 3.8) is 0 Å². The van der Waals surface area contributed by atoms with Crippen LogP contribution < -0.4 is 5.32 Å². The van der Waals surface area contributed by atoms with Gasteiger partial charge in [-0.25, -0.2) is 0 Å². The molecule has 0 aliphatic carbocycles. The lowest BCUT2D eigenvalue weighted by Crippen LogP contribution is -2.21. The van der Waals surface area contributed by atoms with Crippen LogP contribution in [0.3, 0.4) is 0 Å². The summed E-state index contributed by atoms with van der Waals surface area (Å²) in [6.45, 7) is 8.08. The summed E-state index contributed by atoms with van der Waals surface area (Å²) < 4.78 is 10.9. The number of nitrogens with one attached hydrogen (secondary N) is 1. The molecule has 0 aromatic heterocycles. The van der Waals surface area contributed by atoms with Gasteiger partial charge in [-0.15, -0.1) is 0 Å². The summed E-state index contributed by atoms with van der Waals surface area (Å²) in [5.41, 5.74) is 1.11. The highest BCUT2D eigenvalue weighted by Gasteiger charge is 2.13. The van der Waals surface area contributed by atoms with Crippen molar-refractivity contribution in [2.24, 2.45) is 5.92 Å². The van der Waals surface area contributed by atoms with E-state index in [1.54, 1.807) is 0 Å². The lowest BCUT2D eigenvalue weighted by molar-refractivity contribution is 0.0257. The fraction of sp³-hybridized carbons (Fsp3) is 0.818. The molecule has 3 heteroatoms. The minimum Gasteiger partial charge on any atom is -0.381 e. The lowest BCUT2D eigenvalue weighted by atomic mass is 10.0. The quantitative estimate of drug-likeness (QED) is 0.652. The standard InChI is InChI=1S/C11H21NO2/c1-10(7-12-2)8-14-9-11-3-5-13-6-4-11/h11-12H,1,3-9H2,2H3. The van der Waals surface area contributed by atoms with E-state index in [1.807, 2.05) is 7.05 Å². The molecule has 0 atom stereocenters. The second-order valence-electron chi connectivity index (χ2n) is 3.85. The van der Waals surface area contributed by atoms with Crippen molar-refractivity contribution in [3.05, 3.63) is 12.2 Å². The molecule has 0 spiro atoms. The summed E-state index contributed by atoms with van der Waals surface area (Å²) in [5, 5.41) is 3.06. The van der Waals surface area contributed by atoms with E-state index in [0.717, 1.165) is 44.8 Å². The van der Waals surface area contributed by atoms with E-state index in [-0.39, 0.29) is 0 Å². The third kappa shape index (κ3) is 4.74. The van der Waals surface area contributed by atoms with E-state index in [0.29, 0.717) is 12.5 Å². The summed E-state index contributed by atoms with van der Waals surface area (Å²) in [5.74, 6) is 0.686. The predicted molar refractivity (Wildman–Crippen MR) is 57.4 cm³/mol. The van der Waals surface area contributed by atoms with Crippen molar-refractivity contribution in [1.82, 2.24) is 5.32 Å². The first-order valence-corrected chi connectivity index (χ1v) is 5.29. The maximum absolute atomic E-state index is 5.59. The van der Waals surface area contributed by atoms with Gasteiger partial charge in [0.2, 0.25) is 0 Å². The SMILES string of the molecule is C=C(CNC)COCC1CCOCC1. The zero-order chi connectivity index (χ0) is 10.2. The van der Waals surface area contributed by atoms with Gasteiger partial charge in [-0.1, -0.05) is 6.58 Å². The van der Waals surface area contributed by atoms with E-state index in [2.05, 4.69) is 11.9 Å². The van der Waals surface area contributed by atoms with Crippen molar-refractivity contribution in [1.29, 1.82) is 0 Å². The lowest BCUT2D eigenvalue weighted by Gasteiger charge is -2.21. The molecule has 1 rings (SSSR count). The van der Waals surface area contributed by atoms with Crippen LogP contribution in [0.1, 0.15) is 12.8 Å². The van der Waals surface area contributed by atoms with Crippen LogP contribution in [0.5, 0.6) is 0 Å². The fourth-order valence-corrected chi connectivity index (χ4v) is 1.58. The highest BCUT2D eigenvalue weighted by molar-refractivity contribution is 4.96. The second-order valence-corrected chi connectivity index (χ2v) is 3.85. The van der Waals surface area contributed by atoms with E-state index in [1.165, 1.54) is 0 Å². The van der Waals surface area contributed by atoms with Crippen LogP contribution in [0.25, 0.3) is 0 Å². The molecule has 0 unspecified atom stereocenters. The molecule has 0 saturated carbocycles. The van der Waals surface area contributed by atoms with E-state index in [4.69, 9.17) is 9.47 Å². The molecule has 1 aliphatic heterocycles. The second kappa shape index (κ2) is 6.98. The van der Waals surface area contributed by atoms with Crippen LogP contribution in [-0.2, 0) is 9.47 Å². The van der Waals surface area contributed by atoms with Crippen molar-refractivity contribution in [2.75, 3.05) is 40.0 Å². The minimum atomic E-state index is 0.679. The molecule has 1 saturated heterocycles. The zero-order valence-electron chi connectivity index (χ0n) is 9.05. The molecule has 0 aromatic carbocycles. The van der Waals surface area contributed by atoms with Gasteiger partial charge in [-0.3, -0.25) is 0 Å². The highest BCUT2D eigenvalue weighted by atomic mass is 16.5. The largest absolute Gasteiger partial charge is 0.381 e. The topological polar surface area (TPSA) is 30.5 Å². The Morgan fingerprint density at radius 2 is 2.21 bits per heavy atom. The summed E-state index contributed by atoms with van der Waals surface area (Å²) in [7, 11) is 1.92. The molecule has 1 heterocycles. The Balaban J connectivity index is 1.99. The summed E-state index contributed by atoms with van der Waals surface area (Å²) in [6.07, 6.45) is 2.27. The van der Waals surface area contributed by atoms with Gasteiger partial charge in [0.1, 0.15) is 0 Å². The molecule has 1 aliphatic rings. The van der Waals surface area contributed by atoms with E-state index < -0.39 is 0 Å². The minimum absolute atomic E-state index is 0.679. The number of likely N-dealkylation sites (N-methyl/N-ethyl adjacent to an activating group) is 1. The monoisotopic (exact) mass is 199 g/mol. The van der Waals surface area contributed by atoms with Gasteiger partial charge in [-0.2, -0.15) is 0 Å². The van der Waals surface area contributed by atoms with Crippen molar-refractivity contribution in [3.8, 4) is 0 Å². The zero-order valence-corrected chi connectivity index (χ0v) is 9.05. The Labute approximate surface area is 86.5 Å². The van der Waals surface area contributed by atoms with Gasteiger partial charge < -0.3 is 14.8 Å². The van der Waals surface area contributed by atoms with Gasteiger partial charge >= 0.3 is 0 Å². The van der Waals surface area contributed by atoms with Gasteiger partial charge in [-0.05, 0) is 31.4 Å². The molecular formula is C11H21NO2. The number of hydrogen-bond acceptors (Lipinski definition) is 3. The molecule has 82 valence electrons. The van der Waals surface area contributed by atoms with E-state index in [9.17, 15) is 0 Å². The van der Waals surface area contributed by atoms with Crippen LogP contribution in [0, 0.1) is 5.92 Å². The Bertz CT molecular complexity index is 165. The van der Waals surface area contributed by atoms with Crippen LogP contribution in [0.4, 0.5) is 0 Å². The predicted octanol–water partition coefficient (Wildman–Crippen LogP) is 1.21. The third-order valence-electron chi connectivity index (χ3n) is 2.43. The Hall–Kier alpha value is -0.380. The fourth-order valence-electron chi connectivity index (χ4n) is 1.58. The number of rotatable bonds is 6. The van der Waals surface area contributed by atoms with Crippen molar-refractivity contribution >= 4 is 0 Å². The van der Waals surface area contributed by atoms with Crippen molar-refractivity contribution < 1.29 is 9.47 Å². The molecule has 0 bridgehead atoms. The van der Waals surface area contributed by atoms with Crippen molar-refractivity contribution in [2.45, 2.75) is 12.8 Å². The molecule has 0 amide bonds. The van der Waals surface area contributed by atoms with Gasteiger partial charge in [0.05, 0.1) is 6.61 Å². The summed E-state index contributed by atoms with van der Waals surface area (Å²) >= 11 is 0. The average Bonchev–Trinajstić information content (AvgIpc) is 2.20. The van der Waals surface area contributed by atoms with Gasteiger partial charge in [0, 0.05) is 26.4 Å². The Morgan fingerprint density at radius 1 is 1.50 bits per heavy atom. The summed E-state index contributed by atoms with van der Waals surface area (Å²) in [4.78, 5) is 0. The van der Waals surface area contributed by atoms with Crippen LogP contribution in [0.15, 0.2) is 12.2 Å². The van der Waals surface area contributed by atoms with Gasteiger partial charge in [0.25, 0.3) is 0 Å². The first-order chi connectivity index (χ1) is 6.83. The Morgan fingerprint density at radius 3 is 2.86 bits per heavy atom. The summed E-state index contributed by atoms with van der Waals surface area (Å²) in [6, 6.07) is 0. The smallest absolute Gasteiger partial charge is 0.0686 e. The van der Waals surface area contributed by atoms with Gasteiger partial charge in [0.15, 0.2) is 0 Å². The molecule has 3 nitrogen and oxygen atoms in total. The molecule has 0 radical (unpaired) electrons. The normalized spacial score (nSPS) is 18.4. The molecule has 1 N–H and O–H groups in total. The molecule has 1 fully saturated rings. The average molecular weight is 199 g/mol. The third-order valence-corrected chi connectivity index (χ3v) is 2.43. The molecular weight excluding hydrogens is 178 g/mol.